The second kappa shape index (κ2) is 5.91. The van der Waals surface area contributed by atoms with Gasteiger partial charge in [-0.2, -0.15) is 0 Å². The third-order valence-electron chi connectivity index (χ3n) is 2.21. The number of ether oxygens (including phenoxy) is 1. The summed E-state index contributed by atoms with van der Waals surface area (Å²) >= 11 is 1.85. The average Bonchev–Trinajstić information content (AvgIpc) is 2.21. The van der Waals surface area contributed by atoms with Gasteiger partial charge in [0, 0.05) is 21.9 Å². The second-order valence-electron chi connectivity index (χ2n) is 3.63. The van der Waals surface area contributed by atoms with Gasteiger partial charge >= 0.3 is 0 Å². The highest BCUT2D eigenvalue weighted by atomic mass is 32.2. The molecule has 0 aliphatic carbocycles. The monoisotopic (exact) mass is 225 g/mol. The summed E-state index contributed by atoms with van der Waals surface area (Å²) in [6.45, 7) is 4.45. The molecule has 2 nitrogen and oxygen atoms in total. The van der Waals surface area contributed by atoms with Crippen molar-refractivity contribution in [2.75, 3.05) is 12.8 Å². The van der Waals surface area contributed by atoms with Gasteiger partial charge < -0.3 is 10.5 Å². The van der Waals surface area contributed by atoms with Crippen molar-refractivity contribution in [3.8, 4) is 5.75 Å². The van der Waals surface area contributed by atoms with Crippen LogP contribution in [0, 0.1) is 0 Å². The maximum Gasteiger partial charge on any atom is 0.134 e. The number of nitrogens with two attached hydrogens (primary N) is 1. The Labute approximate surface area is 96.2 Å². The van der Waals surface area contributed by atoms with E-state index in [1.165, 1.54) is 17.7 Å². The van der Waals surface area contributed by atoms with Crippen LogP contribution in [0.3, 0.4) is 0 Å². The van der Waals surface area contributed by atoms with Gasteiger partial charge in [-0.15, -0.1) is 11.8 Å². The molecule has 1 rings (SSSR count). The fourth-order valence-electron chi connectivity index (χ4n) is 1.46. The number of nitrogen functional groups attached to an aromatic ring is 1. The zero-order valence-electron chi connectivity index (χ0n) is 9.62. The fourth-order valence-corrected chi connectivity index (χ4v) is 2.66. The molecule has 2 N–H and O–H groups in total. The summed E-state index contributed by atoms with van der Waals surface area (Å²) in [5.41, 5.74) is 6.45. The van der Waals surface area contributed by atoms with Crippen molar-refractivity contribution in [1.82, 2.24) is 0 Å². The average molecular weight is 225 g/mol. The van der Waals surface area contributed by atoms with Crippen LogP contribution in [0.1, 0.15) is 26.7 Å². The van der Waals surface area contributed by atoms with Crippen molar-refractivity contribution in [3.05, 3.63) is 18.2 Å². The first-order valence-corrected chi connectivity index (χ1v) is 6.15. The molecule has 0 saturated carbocycles. The van der Waals surface area contributed by atoms with Crippen molar-refractivity contribution in [2.24, 2.45) is 0 Å². The molecule has 0 spiro atoms. The van der Waals surface area contributed by atoms with E-state index in [4.69, 9.17) is 10.5 Å². The van der Waals surface area contributed by atoms with Gasteiger partial charge in [0.2, 0.25) is 0 Å². The molecule has 0 amide bonds. The lowest BCUT2D eigenvalue weighted by molar-refractivity contribution is 0.405. The minimum Gasteiger partial charge on any atom is -0.496 e. The van der Waals surface area contributed by atoms with Gasteiger partial charge in [0.15, 0.2) is 0 Å². The molecule has 1 aromatic carbocycles. The van der Waals surface area contributed by atoms with Gasteiger partial charge in [-0.05, 0) is 18.6 Å². The quantitative estimate of drug-likeness (QED) is 0.614. The Bertz CT molecular complexity index is 314. The summed E-state index contributed by atoms with van der Waals surface area (Å²) in [5, 5.41) is 0.618. The Morgan fingerprint density at radius 3 is 2.80 bits per heavy atom. The molecule has 0 heterocycles. The third-order valence-corrected chi connectivity index (χ3v) is 3.44. The summed E-state index contributed by atoms with van der Waals surface area (Å²) in [5.74, 6) is 0.878. The van der Waals surface area contributed by atoms with E-state index < -0.39 is 0 Å². The minimum atomic E-state index is 0.618. The van der Waals surface area contributed by atoms with E-state index in [-0.39, 0.29) is 0 Å². The highest BCUT2D eigenvalue weighted by Gasteiger charge is 2.08. The third kappa shape index (κ3) is 3.67. The molecule has 0 aliphatic heterocycles. The van der Waals surface area contributed by atoms with E-state index in [0.717, 1.165) is 11.4 Å². The summed E-state index contributed by atoms with van der Waals surface area (Å²) < 4.78 is 5.30. The number of methoxy groups -OCH3 is 1. The number of hydrogen-bond acceptors (Lipinski definition) is 3. The molecule has 0 radical (unpaired) electrons. The lowest BCUT2D eigenvalue weighted by Gasteiger charge is -2.13. The molecule has 1 atom stereocenters. The van der Waals surface area contributed by atoms with Gasteiger partial charge in [0.25, 0.3) is 0 Å². The number of hydrogen-bond donors (Lipinski definition) is 1. The van der Waals surface area contributed by atoms with Gasteiger partial charge in [0.05, 0.1) is 7.11 Å². The van der Waals surface area contributed by atoms with Gasteiger partial charge in [-0.1, -0.05) is 20.3 Å². The lowest BCUT2D eigenvalue weighted by atomic mass is 10.3. The molecule has 3 heteroatoms. The van der Waals surface area contributed by atoms with Crippen molar-refractivity contribution < 1.29 is 4.74 Å². The summed E-state index contributed by atoms with van der Waals surface area (Å²) in [6.07, 6.45) is 2.43. The first-order chi connectivity index (χ1) is 7.17. The predicted molar refractivity (Wildman–Crippen MR) is 67.6 cm³/mol. The largest absolute Gasteiger partial charge is 0.496 e. The summed E-state index contributed by atoms with van der Waals surface area (Å²) in [4.78, 5) is 1.17. The highest BCUT2D eigenvalue weighted by Crippen LogP contribution is 2.34. The number of thioether (sulfide) groups is 1. The molecule has 1 unspecified atom stereocenters. The van der Waals surface area contributed by atoms with Crippen LogP contribution in [0.5, 0.6) is 5.75 Å². The van der Waals surface area contributed by atoms with E-state index in [1.807, 2.05) is 30.0 Å². The molecule has 0 aliphatic rings. The van der Waals surface area contributed by atoms with Crippen molar-refractivity contribution in [1.29, 1.82) is 0 Å². The minimum absolute atomic E-state index is 0.618. The zero-order chi connectivity index (χ0) is 11.3. The van der Waals surface area contributed by atoms with Crippen LogP contribution in [-0.4, -0.2) is 12.4 Å². The molecule has 84 valence electrons. The molecular weight excluding hydrogens is 206 g/mol. The van der Waals surface area contributed by atoms with Crippen LogP contribution in [0.25, 0.3) is 0 Å². The first-order valence-electron chi connectivity index (χ1n) is 5.27. The Balaban J connectivity index is 2.75. The normalized spacial score (nSPS) is 12.5. The fraction of sp³-hybridized carbons (Fsp3) is 0.500. The van der Waals surface area contributed by atoms with E-state index in [9.17, 15) is 0 Å². The van der Waals surface area contributed by atoms with E-state index >= 15 is 0 Å². The molecule has 0 aromatic heterocycles. The van der Waals surface area contributed by atoms with Crippen LogP contribution in [0.4, 0.5) is 5.69 Å². The summed E-state index contributed by atoms with van der Waals surface area (Å²) in [6, 6.07) is 5.83. The first kappa shape index (κ1) is 12.2. The SMILES string of the molecule is CCCC(C)Sc1ccc(N)cc1OC. The number of benzene rings is 1. The Morgan fingerprint density at radius 1 is 1.47 bits per heavy atom. The van der Waals surface area contributed by atoms with Crippen molar-refractivity contribution in [3.63, 3.8) is 0 Å². The van der Waals surface area contributed by atoms with Gasteiger partial charge in [0.1, 0.15) is 5.75 Å². The van der Waals surface area contributed by atoms with E-state index in [2.05, 4.69) is 13.8 Å². The van der Waals surface area contributed by atoms with E-state index in [1.54, 1.807) is 7.11 Å². The van der Waals surface area contributed by atoms with Gasteiger partial charge in [-0.3, -0.25) is 0 Å². The maximum absolute atomic E-state index is 5.70. The van der Waals surface area contributed by atoms with Crippen LogP contribution < -0.4 is 10.5 Å². The smallest absolute Gasteiger partial charge is 0.134 e. The van der Waals surface area contributed by atoms with Crippen LogP contribution in [0.2, 0.25) is 0 Å². The molecule has 15 heavy (non-hydrogen) atoms. The zero-order valence-corrected chi connectivity index (χ0v) is 10.4. The number of anilines is 1. The predicted octanol–water partition coefficient (Wildman–Crippen LogP) is 3.56. The Morgan fingerprint density at radius 2 is 2.20 bits per heavy atom. The second-order valence-corrected chi connectivity index (χ2v) is 5.11. The Kier molecular flexibility index (Phi) is 4.82. The van der Waals surface area contributed by atoms with Crippen LogP contribution in [-0.2, 0) is 0 Å². The highest BCUT2D eigenvalue weighted by molar-refractivity contribution is 8.00. The standard InChI is InChI=1S/C12H19NOS/c1-4-5-9(2)15-12-7-6-10(13)8-11(12)14-3/h6-9H,4-5,13H2,1-3H3. The van der Waals surface area contributed by atoms with Crippen LogP contribution in [0.15, 0.2) is 23.1 Å². The number of rotatable bonds is 5. The molecule has 0 bridgehead atoms. The van der Waals surface area contributed by atoms with Crippen molar-refractivity contribution in [2.45, 2.75) is 36.8 Å². The topological polar surface area (TPSA) is 35.2 Å². The Hall–Kier alpha value is -0.830. The lowest BCUT2D eigenvalue weighted by Crippen LogP contribution is -1.96. The molecular formula is C12H19NOS. The maximum atomic E-state index is 5.70. The molecule has 1 aromatic rings. The van der Waals surface area contributed by atoms with Crippen LogP contribution >= 0.6 is 11.8 Å². The molecule has 0 saturated heterocycles. The summed E-state index contributed by atoms with van der Waals surface area (Å²) in [7, 11) is 1.68. The molecule has 0 fully saturated rings. The van der Waals surface area contributed by atoms with E-state index in [0.29, 0.717) is 5.25 Å². The van der Waals surface area contributed by atoms with Gasteiger partial charge in [-0.25, -0.2) is 0 Å². The van der Waals surface area contributed by atoms with Crippen molar-refractivity contribution >= 4 is 17.4 Å².